The molecule has 0 spiro atoms. The van der Waals surface area contributed by atoms with E-state index in [1.165, 1.54) is 25.5 Å². The zero-order chi connectivity index (χ0) is 18.8. The monoisotopic (exact) mass is 378 g/mol. The molecule has 0 aromatic heterocycles. The molecule has 1 atom stereocenters. The average molecular weight is 379 g/mol. The first-order chi connectivity index (χ1) is 12.5. The summed E-state index contributed by atoms with van der Waals surface area (Å²) in [7, 11) is 0. The molecule has 7 heteroatoms. The fourth-order valence-corrected chi connectivity index (χ4v) is 3.98. The number of carbonyl (C=O) groups is 1. The second kappa shape index (κ2) is 10.3. The highest BCUT2D eigenvalue weighted by molar-refractivity contribution is 8.00. The van der Waals surface area contributed by atoms with E-state index < -0.39 is 0 Å². The number of aliphatic imine (C=N–C) groups is 1. The van der Waals surface area contributed by atoms with E-state index in [-0.39, 0.29) is 10.7 Å². The van der Waals surface area contributed by atoms with Crippen LogP contribution in [-0.2, 0) is 4.79 Å². The predicted octanol–water partition coefficient (Wildman–Crippen LogP) is 2.86. The average Bonchev–Trinajstić information content (AvgIpc) is 3.03. The topological polar surface area (TPSA) is 74.8 Å². The van der Waals surface area contributed by atoms with Gasteiger partial charge in [0.25, 0.3) is 0 Å². The molecule has 2 rings (SSSR count). The van der Waals surface area contributed by atoms with Crippen molar-refractivity contribution >= 4 is 29.3 Å². The van der Waals surface area contributed by atoms with Gasteiger partial charge in [-0.3, -0.25) is 9.79 Å². The van der Waals surface area contributed by atoms with Gasteiger partial charge in [0.05, 0.1) is 13.1 Å². The third-order valence-electron chi connectivity index (χ3n) is 4.03. The Kier molecular flexibility index (Phi) is 8.09. The third-order valence-corrected chi connectivity index (χ3v) is 5.56. The van der Waals surface area contributed by atoms with Crippen LogP contribution < -0.4 is 20.7 Å². The smallest absolute Gasteiger partial charge is 0.221 e. The van der Waals surface area contributed by atoms with Gasteiger partial charge in [0.1, 0.15) is 12.4 Å². The number of guanidine groups is 1. The van der Waals surface area contributed by atoms with Crippen LogP contribution in [-0.4, -0.2) is 48.6 Å². The minimum Gasteiger partial charge on any atom is -0.492 e. The molecule has 0 radical (unpaired) electrons. The number of hydrogen-bond acceptors (Lipinski definition) is 4. The number of carbonyl (C=O) groups excluding carboxylic acids is 1. The lowest BCUT2D eigenvalue weighted by molar-refractivity contribution is -0.114. The van der Waals surface area contributed by atoms with Crippen molar-refractivity contribution in [1.29, 1.82) is 0 Å². The minimum absolute atomic E-state index is 0.0931. The Morgan fingerprint density at radius 1 is 1.38 bits per heavy atom. The van der Waals surface area contributed by atoms with E-state index in [0.29, 0.717) is 13.2 Å². The molecule has 6 nitrogen and oxygen atoms in total. The van der Waals surface area contributed by atoms with Crippen molar-refractivity contribution in [1.82, 2.24) is 10.6 Å². The first-order valence-corrected chi connectivity index (χ1v) is 10.2. The summed E-state index contributed by atoms with van der Waals surface area (Å²) in [6, 6.07) is 7.39. The van der Waals surface area contributed by atoms with Crippen molar-refractivity contribution in [3.63, 3.8) is 0 Å². The maximum Gasteiger partial charge on any atom is 0.221 e. The molecule has 1 fully saturated rings. The number of anilines is 1. The van der Waals surface area contributed by atoms with E-state index >= 15 is 0 Å². The molecule has 1 saturated heterocycles. The van der Waals surface area contributed by atoms with Crippen molar-refractivity contribution < 1.29 is 9.53 Å². The van der Waals surface area contributed by atoms with Crippen LogP contribution >= 0.6 is 11.8 Å². The SMILES string of the molecule is CCNC(=NCC1(C)CCCS1)NCCOc1cccc(NC(C)=O)c1. The maximum atomic E-state index is 11.1. The highest BCUT2D eigenvalue weighted by Gasteiger charge is 2.29. The number of benzene rings is 1. The molecule has 1 unspecified atom stereocenters. The fraction of sp³-hybridized carbons (Fsp3) is 0.579. The Hall–Kier alpha value is -1.89. The quantitative estimate of drug-likeness (QED) is 0.368. The molecule has 1 heterocycles. The number of nitrogens with zero attached hydrogens (tertiary/aromatic N) is 1. The lowest BCUT2D eigenvalue weighted by atomic mass is 10.1. The minimum atomic E-state index is -0.0931. The summed E-state index contributed by atoms with van der Waals surface area (Å²) < 4.78 is 6.02. The zero-order valence-electron chi connectivity index (χ0n) is 15.9. The van der Waals surface area contributed by atoms with E-state index in [2.05, 4.69) is 29.8 Å². The van der Waals surface area contributed by atoms with E-state index in [9.17, 15) is 4.79 Å². The van der Waals surface area contributed by atoms with Gasteiger partial charge in [0, 0.05) is 30.0 Å². The summed E-state index contributed by atoms with van der Waals surface area (Å²) >= 11 is 2.02. The van der Waals surface area contributed by atoms with Crippen LogP contribution in [0.4, 0.5) is 5.69 Å². The molecule has 3 N–H and O–H groups in total. The molecule has 144 valence electrons. The van der Waals surface area contributed by atoms with Gasteiger partial charge in [0.2, 0.25) is 5.91 Å². The lowest BCUT2D eigenvalue weighted by Crippen LogP contribution is -2.40. The van der Waals surface area contributed by atoms with Crippen LogP contribution in [0, 0.1) is 0 Å². The van der Waals surface area contributed by atoms with Crippen LogP contribution in [0.25, 0.3) is 0 Å². The molecule has 0 bridgehead atoms. The first-order valence-electron chi connectivity index (χ1n) is 9.17. The Labute approximate surface area is 160 Å². The van der Waals surface area contributed by atoms with E-state index in [4.69, 9.17) is 9.73 Å². The van der Waals surface area contributed by atoms with Gasteiger partial charge in [0.15, 0.2) is 5.96 Å². The molecule has 26 heavy (non-hydrogen) atoms. The summed E-state index contributed by atoms with van der Waals surface area (Å²) in [6.07, 6.45) is 2.51. The van der Waals surface area contributed by atoms with Gasteiger partial charge in [-0.15, -0.1) is 0 Å². The van der Waals surface area contributed by atoms with Gasteiger partial charge >= 0.3 is 0 Å². The predicted molar refractivity (Wildman–Crippen MR) is 110 cm³/mol. The Bertz CT molecular complexity index is 615. The van der Waals surface area contributed by atoms with Crippen LogP contribution in [0.5, 0.6) is 5.75 Å². The van der Waals surface area contributed by atoms with Crippen LogP contribution in [0.1, 0.15) is 33.6 Å². The summed E-state index contributed by atoms with van der Waals surface area (Å²) in [4.78, 5) is 15.8. The Morgan fingerprint density at radius 3 is 2.92 bits per heavy atom. The molecular formula is C19H30N4O2S. The highest BCUT2D eigenvalue weighted by Crippen LogP contribution is 2.37. The fourth-order valence-electron chi connectivity index (χ4n) is 2.75. The first kappa shape index (κ1) is 20.4. The summed E-state index contributed by atoms with van der Waals surface area (Å²) in [5.41, 5.74) is 0.736. The summed E-state index contributed by atoms with van der Waals surface area (Å²) in [6.45, 7) is 8.67. The molecule has 1 amide bonds. The van der Waals surface area contributed by atoms with Gasteiger partial charge in [-0.25, -0.2) is 0 Å². The molecule has 1 aromatic carbocycles. The molecule has 0 saturated carbocycles. The summed E-state index contributed by atoms with van der Waals surface area (Å²) in [5.74, 6) is 2.71. The van der Waals surface area contributed by atoms with Gasteiger partial charge in [-0.1, -0.05) is 6.07 Å². The molecule has 0 aliphatic carbocycles. The second-order valence-corrected chi connectivity index (χ2v) is 8.26. The van der Waals surface area contributed by atoms with Crippen molar-refractivity contribution in [3.05, 3.63) is 24.3 Å². The van der Waals surface area contributed by atoms with E-state index in [0.717, 1.165) is 30.5 Å². The van der Waals surface area contributed by atoms with Crippen LogP contribution in [0.2, 0.25) is 0 Å². The molecule has 1 aromatic rings. The highest BCUT2D eigenvalue weighted by atomic mass is 32.2. The van der Waals surface area contributed by atoms with E-state index in [1.807, 2.05) is 36.0 Å². The number of hydrogen-bond donors (Lipinski definition) is 3. The van der Waals surface area contributed by atoms with Crippen molar-refractivity contribution in [2.24, 2.45) is 4.99 Å². The second-order valence-electron chi connectivity index (χ2n) is 6.58. The number of rotatable bonds is 8. The van der Waals surface area contributed by atoms with Crippen molar-refractivity contribution in [3.8, 4) is 5.75 Å². The van der Waals surface area contributed by atoms with Crippen molar-refractivity contribution in [2.45, 2.75) is 38.4 Å². The molecule has 1 aliphatic heterocycles. The third kappa shape index (κ3) is 7.15. The Balaban J connectivity index is 1.77. The normalized spacial score (nSPS) is 19.9. The molecule has 1 aliphatic rings. The number of thioether (sulfide) groups is 1. The standard InChI is InChI=1S/C19H30N4O2S/c1-4-20-18(22-14-19(3)9-6-12-26-19)21-10-11-25-17-8-5-7-16(13-17)23-15(2)24/h5,7-8,13H,4,6,9-12,14H2,1-3H3,(H,23,24)(H2,20,21,22). The van der Waals surface area contributed by atoms with Gasteiger partial charge < -0.3 is 20.7 Å². The van der Waals surface area contributed by atoms with E-state index in [1.54, 1.807) is 0 Å². The maximum absolute atomic E-state index is 11.1. The van der Waals surface area contributed by atoms with Crippen molar-refractivity contribution in [2.75, 3.05) is 37.3 Å². The zero-order valence-corrected chi connectivity index (χ0v) is 16.7. The Morgan fingerprint density at radius 2 is 2.23 bits per heavy atom. The lowest BCUT2D eigenvalue weighted by Gasteiger charge is -2.21. The summed E-state index contributed by atoms with van der Waals surface area (Å²) in [5, 5.41) is 9.35. The number of nitrogens with one attached hydrogen (secondary N) is 3. The largest absolute Gasteiger partial charge is 0.492 e. The van der Waals surface area contributed by atoms with Crippen LogP contribution in [0.3, 0.4) is 0 Å². The molecular weight excluding hydrogens is 348 g/mol. The van der Waals surface area contributed by atoms with Gasteiger partial charge in [-0.05, 0) is 44.6 Å². The number of amides is 1. The van der Waals surface area contributed by atoms with Crippen LogP contribution in [0.15, 0.2) is 29.3 Å². The number of ether oxygens (including phenoxy) is 1. The van der Waals surface area contributed by atoms with Gasteiger partial charge in [-0.2, -0.15) is 11.8 Å².